The second-order valence-electron chi connectivity index (χ2n) is 5.19. The molecular formula is C9H15N2O11P3S2. The van der Waals surface area contributed by atoms with E-state index in [0.29, 0.717) is 12.8 Å². The summed E-state index contributed by atoms with van der Waals surface area (Å²) in [5, 5.41) is -0.474. The standard InChI is InChI=1S/C9H15N2O11P3S2/c12-7-3-4-11(9(26)10-7)8-2-1-6(27-8)5-20-24(16,17)22-25(18,19)21-23(13,14)15/h3-4,6,8H,1-2,5H2,(H,16,17)(H,18,19)(H,10,12,26)(H2,13,14,15). The number of H-pyrrole nitrogens is 1. The van der Waals surface area contributed by atoms with E-state index in [1.807, 2.05) is 0 Å². The first-order valence-corrected chi connectivity index (χ1v) is 12.9. The normalized spacial score (nSPS) is 25.0. The SMILES string of the molecule is O=c1ccn(C2CCC(COP(=O)(O)OP(=O)(O)OP(=O)(O)O)S2)c(=S)[nH]1. The molecule has 4 atom stereocenters. The van der Waals surface area contributed by atoms with Crippen molar-refractivity contribution in [2.24, 2.45) is 0 Å². The molecule has 0 saturated carbocycles. The summed E-state index contributed by atoms with van der Waals surface area (Å²) in [5.41, 5.74) is -0.344. The van der Waals surface area contributed by atoms with Crippen LogP contribution < -0.4 is 5.56 Å². The number of hydrogen-bond acceptors (Lipinski definition) is 9. The van der Waals surface area contributed by atoms with Crippen molar-refractivity contribution >= 4 is 47.4 Å². The summed E-state index contributed by atoms with van der Waals surface area (Å²) in [6.45, 7) is -0.360. The minimum absolute atomic E-state index is 0.163. The minimum Gasteiger partial charge on any atom is -0.313 e. The summed E-state index contributed by atoms with van der Waals surface area (Å²) >= 11 is 6.39. The summed E-state index contributed by atoms with van der Waals surface area (Å²) in [4.78, 5) is 49.1. The van der Waals surface area contributed by atoms with Gasteiger partial charge in [0.2, 0.25) is 0 Å². The fourth-order valence-corrected chi connectivity index (χ4v) is 7.11. The highest BCUT2D eigenvalue weighted by molar-refractivity contribution is 8.00. The molecule has 0 radical (unpaired) electrons. The molecule has 13 nitrogen and oxygen atoms in total. The van der Waals surface area contributed by atoms with Gasteiger partial charge in [-0.2, -0.15) is 8.62 Å². The van der Waals surface area contributed by atoms with Crippen LogP contribution in [0.15, 0.2) is 17.1 Å². The fraction of sp³-hybridized carbons (Fsp3) is 0.556. The topological polar surface area (TPSA) is 198 Å². The highest BCUT2D eigenvalue weighted by atomic mass is 32.2. The Morgan fingerprint density at radius 2 is 1.85 bits per heavy atom. The third-order valence-corrected chi connectivity index (χ3v) is 8.74. The Bertz CT molecular complexity index is 942. The number of aromatic nitrogens is 2. The third-order valence-electron chi connectivity index (χ3n) is 3.09. The second kappa shape index (κ2) is 8.70. The monoisotopic (exact) mass is 484 g/mol. The molecule has 0 spiro atoms. The van der Waals surface area contributed by atoms with Gasteiger partial charge in [0.1, 0.15) is 0 Å². The molecule has 1 saturated heterocycles. The first-order chi connectivity index (χ1) is 12.3. The predicted molar refractivity (Wildman–Crippen MR) is 95.4 cm³/mol. The maximum atomic E-state index is 11.7. The molecule has 4 unspecified atom stereocenters. The van der Waals surface area contributed by atoms with Crippen molar-refractivity contribution in [3.63, 3.8) is 0 Å². The van der Waals surface area contributed by atoms with Gasteiger partial charge in [-0.15, -0.1) is 11.8 Å². The number of aromatic amines is 1. The van der Waals surface area contributed by atoms with E-state index in [4.69, 9.17) is 26.9 Å². The number of thioether (sulfide) groups is 1. The molecule has 1 aromatic heterocycles. The van der Waals surface area contributed by atoms with E-state index in [0.717, 1.165) is 0 Å². The van der Waals surface area contributed by atoms with Crippen LogP contribution in [0.3, 0.4) is 0 Å². The summed E-state index contributed by atoms with van der Waals surface area (Å²) in [6.07, 6.45) is 2.66. The first kappa shape index (κ1) is 23.1. The van der Waals surface area contributed by atoms with Crippen LogP contribution in [0, 0.1) is 4.77 Å². The quantitative estimate of drug-likeness (QED) is 0.264. The molecule has 27 heavy (non-hydrogen) atoms. The summed E-state index contributed by atoms with van der Waals surface area (Å²) in [7, 11) is -16.1. The zero-order valence-corrected chi connectivity index (χ0v) is 17.5. The Morgan fingerprint density at radius 3 is 2.44 bits per heavy atom. The maximum Gasteiger partial charge on any atom is 0.490 e. The van der Waals surface area contributed by atoms with E-state index in [2.05, 4.69) is 18.1 Å². The van der Waals surface area contributed by atoms with Crippen molar-refractivity contribution in [3.05, 3.63) is 27.4 Å². The van der Waals surface area contributed by atoms with Gasteiger partial charge in [-0.25, -0.2) is 13.7 Å². The van der Waals surface area contributed by atoms with Crippen molar-refractivity contribution in [2.45, 2.75) is 23.5 Å². The van der Waals surface area contributed by atoms with E-state index in [9.17, 15) is 23.4 Å². The van der Waals surface area contributed by atoms with Crippen molar-refractivity contribution in [3.8, 4) is 0 Å². The van der Waals surface area contributed by atoms with E-state index < -0.39 is 23.5 Å². The van der Waals surface area contributed by atoms with Gasteiger partial charge in [0.15, 0.2) is 4.77 Å². The Labute approximate surface area is 161 Å². The largest absolute Gasteiger partial charge is 0.490 e. The molecule has 0 bridgehead atoms. The molecule has 5 N–H and O–H groups in total. The Balaban J connectivity index is 1.92. The number of hydrogen-bond donors (Lipinski definition) is 5. The summed E-state index contributed by atoms with van der Waals surface area (Å²) in [6, 6.07) is 1.30. The van der Waals surface area contributed by atoms with Crippen molar-refractivity contribution in [1.82, 2.24) is 9.55 Å². The molecule has 0 amide bonds. The molecule has 2 rings (SSSR count). The Hall–Kier alpha value is -0.140. The van der Waals surface area contributed by atoms with Crippen molar-refractivity contribution in [2.75, 3.05) is 6.61 Å². The molecule has 1 aliphatic heterocycles. The summed E-state index contributed by atoms with van der Waals surface area (Å²) in [5.74, 6) is 0. The van der Waals surface area contributed by atoms with Crippen LogP contribution in [-0.2, 0) is 26.8 Å². The number of nitrogens with zero attached hydrogens (tertiary/aromatic N) is 1. The number of rotatable bonds is 8. The smallest absolute Gasteiger partial charge is 0.313 e. The molecule has 0 aliphatic carbocycles. The highest BCUT2D eigenvalue weighted by Gasteiger charge is 2.41. The van der Waals surface area contributed by atoms with Crippen LogP contribution in [0.1, 0.15) is 18.2 Å². The molecule has 2 heterocycles. The number of nitrogens with one attached hydrogen (secondary N) is 1. The zero-order chi connectivity index (χ0) is 20.5. The highest BCUT2D eigenvalue weighted by Crippen LogP contribution is 2.66. The molecule has 18 heteroatoms. The Kier molecular flexibility index (Phi) is 7.46. The third kappa shape index (κ3) is 7.65. The van der Waals surface area contributed by atoms with E-state index in [1.54, 1.807) is 4.57 Å². The van der Waals surface area contributed by atoms with Crippen LogP contribution in [-0.4, -0.2) is 41.0 Å². The van der Waals surface area contributed by atoms with Crippen molar-refractivity contribution in [1.29, 1.82) is 0 Å². The van der Waals surface area contributed by atoms with E-state index in [-0.39, 0.29) is 27.6 Å². The van der Waals surface area contributed by atoms with Crippen LogP contribution in [0.2, 0.25) is 0 Å². The van der Waals surface area contributed by atoms with Crippen LogP contribution in [0.5, 0.6) is 0 Å². The average molecular weight is 484 g/mol. The lowest BCUT2D eigenvalue weighted by Crippen LogP contribution is -2.13. The molecule has 154 valence electrons. The molecule has 1 aromatic rings. The average Bonchev–Trinajstić information content (AvgIpc) is 2.90. The lowest BCUT2D eigenvalue weighted by molar-refractivity contribution is 0.172. The fourth-order valence-electron chi connectivity index (χ4n) is 2.15. The predicted octanol–water partition coefficient (Wildman–Crippen LogP) is 1.64. The van der Waals surface area contributed by atoms with Gasteiger partial charge in [-0.05, 0) is 25.1 Å². The summed E-state index contributed by atoms with van der Waals surface area (Å²) < 4.78 is 47.2. The minimum atomic E-state index is -5.53. The second-order valence-corrected chi connectivity index (χ2v) is 11.5. The van der Waals surface area contributed by atoms with Crippen LogP contribution >= 0.6 is 47.4 Å². The van der Waals surface area contributed by atoms with E-state index >= 15 is 0 Å². The van der Waals surface area contributed by atoms with Gasteiger partial charge in [0.25, 0.3) is 5.56 Å². The molecule has 1 aliphatic rings. The van der Waals surface area contributed by atoms with Crippen LogP contribution in [0.25, 0.3) is 0 Å². The zero-order valence-electron chi connectivity index (χ0n) is 13.2. The number of phosphoric ester groups is 1. The van der Waals surface area contributed by atoms with Gasteiger partial charge in [-0.1, -0.05) is 0 Å². The van der Waals surface area contributed by atoms with Crippen LogP contribution in [0.4, 0.5) is 0 Å². The van der Waals surface area contributed by atoms with Gasteiger partial charge >= 0.3 is 23.5 Å². The van der Waals surface area contributed by atoms with Gasteiger partial charge in [0.05, 0.1) is 12.0 Å². The van der Waals surface area contributed by atoms with Crippen molar-refractivity contribution < 1.29 is 46.4 Å². The number of phosphoric acid groups is 3. The van der Waals surface area contributed by atoms with Gasteiger partial charge < -0.3 is 24.1 Å². The van der Waals surface area contributed by atoms with E-state index in [1.165, 1.54) is 24.0 Å². The lowest BCUT2D eigenvalue weighted by atomic mass is 10.2. The maximum absolute atomic E-state index is 11.7. The molecule has 0 aromatic carbocycles. The first-order valence-electron chi connectivity index (χ1n) is 7.02. The molecule has 1 fully saturated rings. The molecular weight excluding hydrogens is 469 g/mol. The lowest BCUT2D eigenvalue weighted by Gasteiger charge is -2.18. The Morgan fingerprint density at radius 1 is 1.19 bits per heavy atom. The van der Waals surface area contributed by atoms with Gasteiger partial charge in [-0.3, -0.25) is 14.3 Å². The van der Waals surface area contributed by atoms with Gasteiger partial charge in [0, 0.05) is 17.5 Å².